The van der Waals surface area contributed by atoms with Crippen LogP contribution in [-0.4, -0.2) is 26.9 Å². The summed E-state index contributed by atoms with van der Waals surface area (Å²) in [5, 5.41) is 23.1. The largest absolute Gasteiger partial charge is 0.476 e. The smallest absolute Gasteiger partial charge is 0.355 e. The van der Waals surface area contributed by atoms with Crippen LogP contribution in [0.1, 0.15) is 25.9 Å². The molecule has 0 spiro atoms. The molecular weight excluding hydrogens is 298 g/mol. The van der Waals surface area contributed by atoms with Crippen molar-refractivity contribution < 1.29 is 19.6 Å². The van der Waals surface area contributed by atoms with E-state index in [1.54, 1.807) is 0 Å². The summed E-state index contributed by atoms with van der Waals surface area (Å²) in [5.41, 5.74) is 0.473. The number of hydrogen-bond donors (Lipinski definition) is 2. The number of carboxylic acid groups (broad SMARTS) is 1. The molecule has 0 fully saturated rings. The van der Waals surface area contributed by atoms with Gasteiger partial charge in [0, 0.05) is 24.1 Å². The maximum atomic E-state index is 11.8. The van der Waals surface area contributed by atoms with Crippen molar-refractivity contribution in [2.45, 2.75) is 6.54 Å². The highest BCUT2D eigenvalue weighted by molar-refractivity contribution is 7.11. The molecule has 0 bridgehead atoms. The third-order valence-corrected chi connectivity index (χ3v) is 3.36. The van der Waals surface area contributed by atoms with Crippen LogP contribution < -0.4 is 5.32 Å². The predicted molar refractivity (Wildman–Crippen MR) is 73.3 cm³/mol. The van der Waals surface area contributed by atoms with Gasteiger partial charge in [0.15, 0.2) is 10.7 Å². The maximum Gasteiger partial charge on any atom is 0.355 e. The quantitative estimate of drug-likeness (QED) is 0.640. The number of carboxylic acids is 1. The highest BCUT2D eigenvalue weighted by Gasteiger charge is 2.14. The van der Waals surface area contributed by atoms with Crippen molar-refractivity contribution in [3.8, 4) is 0 Å². The number of nitrogens with zero attached hydrogens (tertiary/aromatic N) is 2. The minimum absolute atomic E-state index is 0.0314. The number of thiazole rings is 1. The van der Waals surface area contributed by atoms with E-state index in [9.17, 15) is 19.7 Å². The van der Waals surface area contributed by atoms with Gasteiger partial charge in [-0.3, -0.25) is 14.9 Å². The molecule has 1 aromatic heterocycles. The van der Waals surface area contributed by atoms with Gasteiger partial charge in [0.2, 0.25) is 0 Å². The molecule has 0 atom stereocenters. The molecule has 108 valence electrons. The molecule has 0 unspecified atom stereocenters. The monoisotopic (exact) mass is 307 g/mol. The Kier molecular flexibility index (Phi) is 4.24. The molecule has 0 radical (unpaired) electrons. The summed E-state index contributed by atoms with van der Waals surface area (Å²) in [7, 11) is 0. The summed E-state index contributed by atoms with van der Waals surface area (Å²) in [6.45, 7) is 0.165. The molecule has 2 rings (SSSR count). The lowest BCUT2D eigenvalue weighted by Gasteiger charge is -2.02. The third kappa shape index (κ3) is 3.60. The summed E-state index contributed by atoms with van der Waals surface area (Å²) >= 11 is 0.934. The van der Waals surface area contributed by atoms with Gasteiger partial charge in [0.05, 0.1) is 4.92 Å². The predicted octanol–water partition coefficient (Wildman–Crippen LogP) is 1.68. The van der Waals surface area contributed by atoms with Crippen LogP contribution >= 0.6 is 11.3 Å². The minimum atomic E-state index is -1.19. The molecule has 8 nitrogen and oxygen atoms in total. The third-order valence-electron chi connectivity index (χ3n) is 2.52. The molecule has 0 aliphatic carbocycles. The second-order valence-electron chi connectivity index (χ2n) is 3.95. The standard InChI is InChI=1S/C12H9N3O5S/c16-10(11-14-9(6-21-11)12(17)18)13-5-7-1-3-8(4-2-7)15(19)20/h1-4,6H,5H2,(H,13,16)(H,17,18). The van der Waals surface area contributed by atoms with Crippen LogP contribution in [0.2, 0.25) is 0 Å². The Morgan fingerprint density at radius 2 is 2.00 bits per heavy atom. The Morgan fingerprint density at radius 3 is 2.52 bits per heavy atom. The minimum Gasteiger partial charge on any atom is -0.476 e. The molecule has 0 aliphatic heterocycles. The fourth-order valence-electron chi connectivity index (χ4n) is 1.47. The number of amides is 1. The number of nitrogens with one attached hydrogen (secondary N) is 1. The molecule has 9 heteroatoms. The molecule has 1 aromatic carbocycles. The lowest BCUT2D eigenvalue weighted by Crippen LogP contribution is -2.22. The van der Waals surface area contributed by atoms with Gasteiger partial charge in [-0.25, -0.2) is 9.78 Å². The van der Waals surface area contributed by atoms with Crippen LogP contribution in [0.15, 0.2) is 29.6 Å². The van der Waals surface area contributed by atoms with Crippen molar-refractivity contribution in [1.82, 2.24) is 10.3 Å². The number of nitro benzene ring substituents is 1. The summed E-state index contributed by atoms with van der Waals surface area (Å²) in [4.78, 5) is 36.1. The first-order valence-electron chi connectivity index (χ1n) is 5.67. The van der Waals surface area contributed by atoms with Gasteiger partial charge in [-0.15, -0.1) is 11.3 Å². The molecular formula is C12H9N3O5S. The number of aromatic carboxylic acids is 1. The van der Waals surface area contributed by atoms with Crippen molar-refractivity contribution in [1.29, 1.82) is 0 Å². The van der Waals surface area contributed by atoms with E-state index in [0.717, 1.165) is 11.3 Å². The second-order valence-corrected chi connectivity index (χ2v) is 4.81. The molecule has 2 N–H and O–H groups in total. The second kappa shape index (κ2) is 6.09. The van der Waals surface area contributed by atoms with Crippen LogP contribution in [0.25, 0.3) is 0 Å². The van der Waals surface area contributed by atoms with E-state index in [1.165, 1.54) is 29.6 Å². The zero-order valence-corrected chi connectivity index (χ0v) is 11.3. The van der Waals surface area contributed by atoms with Gasteiger partial charge in [0.1, 0.15) is 0 Å². The van der Waals surface area contributed by atoms with Gasteiger partial charge in [0.25, 0.3) is 11.6 Å². The van der Waals surface area contributed by atoms with Gasteiger partial charge in [-0.1, -0.05) is 12.1 Å². The Bertz CT molecular complexity index is 695. The normalized spacial score (nSPS) is 10.1. The summed E-state index contributed by atoms with van der Waals surface area (Å²) in [6, 6.07) is 5.74. The SMILES string of the molecule is O=C(O)c1csc(C(=O)NCc2ccc([N+](=O)[O-])cc2)n1. The highest BCUT2D eigenvalue weighted by atomic mass is 32.1. The maximum absolute atomic E-state index is 11.8. The van der Waals surface area contributed by atoms with Crippen LogP contribution in [0.4, 0.5) is 5.69 Å². The summed E-state index contributed by atoms with van der Waals surface area (Å²) < 4.78 is 0. The highest BCUT2D eigenvalue weighted by Crippen LogP contribution is 2.13. The number of hydrogen-bond acceptors (Lipinski definition) is 6. The zero-order valence-electron chi connectivity index (χ0n) is 10.5. The Labute approximate surface area is 122 Å². The van der Waals surface area contributed by atoms with Gasteiger partial charge >= 0.3 is 5.97 Å². The number of non-ortho nitro benzene ring substituents is 1. The van der Waals surface area contributed by atoms with E-state index in [4.69, 9.17) is 5.11 Å². The van der Waals surface area contributed by atoms with Crippen LogP contribution in [-0.2, 0) is 6.54 Å². The van der Waals surface area contributed by atoms with E-state index >= 15 is 0 Å². The van der Waals surface area contributed by atoms with Crippen molar-refractivity contribution in [3.05, 3.63) is 56.0 Å². The lowest BCUT2D eigenvalue weighted by atomic mass is 10.2. The molecule has 21 heavy (non-hydrogen) atoms. The van der Waals surface area contributed by atoms with Gasteiger partial charge < -0.3 is 10.4 Å². The van der Waals surface area contributed by atoms with Crippen molar-refractivity contribution in [2.75, 3.05) is 0 Å². The number of aromatic nitrogens is 1. The Morgan fingerprint density at radius 1 is 1.33 bits per heavy atom. The number of nitro groups is 1. The zero-order chi connectivity index (χ0) is 15.4. The van der Waals surface area contributed by atoms with Crippen molar-refractivity contribution in [3.63, 3.8) is 0 Å². The molecule has 1 heterocycles. The number of rotatable bonds is 5. The van der Waals surface area contributed by atoms with E-state index in [2.05, 4.69) is 10.3 Å². The topological polar surface area (TPSA) is 122 Å². The van der Waals surface area contributed by atoms with E-state index in [0.29, 0.717) is 5.56 Å². The first-order valence-corrected chi connectivity index (χ1v) is 6.55. The summed E-state index contributed by atoms with van der Waals surface area (Å²) in [6.07, 6.45) is 0. The average molecular weight is 307 g/mol. The van der Waals surface area contributed by atoms with Crippen molar-refractivity contribution >= 4 is 28.9 Å². The molecule has 1 amide bonds. The first-order chi connectivity index (χ1) is 9.97. The van der Waals surface area contributed by atoms with Crippen LogP contribution in [0, 0.1) is 10.1 Å². The fraction of sp³-hybridized carbons (Fsp3) is 0.0833. The fourth-order valence-corrected chi connectivity index (χ4v) is 2.18. The van der Waals surface area contributed by atoms with E-state index < -0.39 is 16.8 Å². The number of carbonyl (C=O) groups is 2. The van der Waals surface area contributed by atoms with Gasteiger partial charge in [-0.2, -0.15) is 0 Å². The summed E-state index contributed by atoms with van der Waals surface area (Å²) in [5.74, 6) is -1.69. The van der Waals surface area contributed by atoms with E-state index in [1.807, 2.05) is 0 Å². The molecule has 0 saturated heterocycles. The van der Waals surface area contributed by atoms with E-state index in [-0.39, 0.29) is 22.9 Å². The molecule has 0 aliphatic rings. The lowest BCUT2D eigenvalue weighted by molar-refractivity contribution is -0.384. The Balaban J connectivity index is 1.97. The van der Waals surface area contributed by atoms with Crippen LogP contribution in [0.3, 0.4) is 0 Å². The molecule has 0 saturated carbocycles. The first kappa shape index (κ1) is 14.6. The average Bonchev–Trinajstić information content (AvgIpc) is 2.95. The number of carbonyl (C=O) groups excluding carboxylic acids is 1. The Hall–Kier alpha value is -2.81. The van der Waals surface area contributed by atoms with Crippen molar-refractivity contribution in [2.24, 2.45) is 0 Å². The molecule has 2 aromatic rings. The number of benzene rings is 1. The van der Waals surface area contributed by atoms with Gasteiger partial charge in [-0.05, 0) is 5.56 Å². The van der Waals surface area contributed by atoms with Crippen LogP contribution in [0.5, 0.6) is 0 Å².